The Balaban J connectivity index is 2.24. The molecular weight excluding hydrogens is 236 g/mol. The zero-order valence-electron chi connectivity index (χ0n) is 11.0. The van der Waals surface area contributed by atoms with E-state index in [1.165, 1.54) is 0 Å². The highest BCUT2D eigenvalue weighted by Crippen LogP contribution is 2.05. The number of nitrogens with one attached hydrogen (secondary N) is 1. The largest absolute Gasteiger partial charge is 0.479 e. The fourth-order valence-electron chi connectivity index (χ4n) is 1.75. The van der Waals surface area contributed by atoms with Crippen LogP contribution in [-0.2, 0) is 14.3 Å². The van der Waals surface area contributed by atoms with Crippen LogP contribution in [0.15, 0.2) is 0 Å². The summed E-state index contributed by atoms with van der Waals surface area (Å²) in [5.74, 6) is -0.466. The molecule has 1 unspecified atom stereocenters. The molecule has 1 aliphatic rings. The summed E-state index contributed by atoms with van der Waals surface area (Å²) >= 11 is 0. The van der Waals surface area contributed by atoms with Gasteiger partial charge in [0.1, 0.15) is 0 Å². The third-order valence-corrected chi connectivity index (χ3v) is 2.84. The number of carboxylic acid groups (broad SMARTS) is 1. The number of amides is 1. The van der Waals surface area contributed by atoms with E-state index in [2.05, 4.69) is 19.2 Å². The lowest BCUT2D eigenvalue weighted by atomic mass is 10.1. The fraction of sp³-hybridized carbons (Fsp3) is 0.833. The highest BCUT2D eigenvalue weighted by Gasteiger charge is 2.26. The van der Waals surface area contributed by atoms with Gasteiger partial charge in [-0.1, -0.05) is 13.8 Å². The summed E-state index contributed by atoms with van der Waals surface area (Å²) in [5.41, 5.74) is 0. The van der Waals surface area contributed by atoms with Crippen molar-refractivity contribution in [1.82, 2.24) is 10.2 Å². The summed E-state index contributed by atoms with van der Waals surface area (Å²) < 4.78 is 5.09. The summed E-state index contributed by atoms with van der Waals surface area (Å²) in [6.45, 7) is 6.34. The average Bonchev–Trinajstić information content (AvgIpc) is 2.28. The van der Waals surface area contributed by atoms with E-state index >= 15 is 0 Å². The molecule has 6 nitrogen and oxygen atoms in total. The smallest absolute Gasteiger partial charge is 0.334 e. The zero-order chi connectivity index (χ0) is 13.5. The van der Waals surface area contributed by atoms with E-state index in [0.29, 0.717) is 25.6 Å². The number of hydrogen-bond donors (Lipinski definition) is 2. The van der Waals surface area contributed by atoms with Crippen molar-refractivity contribution in [3.63, 3.8) is 0 Å². The molecule has 0 bridgehead atoms. The van der Waals surface area contributed by atoms with Crippen molar-refractivity contribution >= 4 is 11.9 Å². The standard InChI is InChI=1S/C12H22N2O4/c1-9(2)3-4-13-11(15)8-14-5-6-18-10(7-14)12(16)17/h9-10H,3-8H2,1-2H3,(H,13,15)(H,16,17). The minimum atomic E-state index is -0.972. The van der Waals surface area contributed by atoms with E-state index in [0.717, 1.165) is 6.42 Å². The summed E-state index contributed by atoms with van der Waals surface area (Å²) in [6.07, 6.45) is 0.134. The predicted octanol–water partition coefficient (Wildman–Crippen LogP) is -0.0659. The molecule has 0 aliphatic carbocycles. The molecule has 0 aromatic heterocycles. The number of aliphatic carboxylic acids is 1. The van der Waals surface area contributed by atoms with Gasteiger partial charge in [0.25, 0.3) is 0 Å². The summed E-state index contributed by atoms with van der Waals surface area (Å²) in [5, 5.41) is 11.7. The topological polar surface area (TPSA) is 78.9 Å². The van der Waals surface area contributed by atoms with E-state index in [4.69, 9.17) is 9.84 Å². The Bertz CT molecular complexity index is 294. The van der Waals surface area contributed by atoms with E-state index < -0.39 is 12.1 Å². The second-order valence-corrected chi connectivity index (χ2v) is 4.97. The Hall–Kier alpha value is -1.14. The second kappa shape index (κ2) is 7.33. The van der Waals surface area contributed by atoms with Crippen molar-refractivity contribution in [2.24, 2.45) is 5.92 Å². The molecule has 0 spiro atoms. The molecule has 1 fully saturated rings. The molecule has 6 heteroatoms. The van der Waals surface area contributed by atoms with Crippen LogP contribution in [0.25, 0.3) is 0 Å². The quantitative estimate of drug-likeness (QED) is 0.697. The third kappa shape index (κ3) is 5.46. The van der Waals surface area contributed by atoms with Gasteiger partial charge in [-0.05, 0) is 12.3 Å². The van der Waals surface area contributed by atoms with E-state index in [9.17, 15) is 9.59 Å². The highest BCUT2D eigenvalue weighted by atomic mass is 16.5. The Morgan fingerprint density at radius 1 is 1.50 bits per heavy atom. The van der Waals surface area contributed by atoms with Crippen LogP contribution in [0, 0.1) is 5.92 Å². The minimum absolute atomic E-state index is 0.0540. The van der Waals surface area contributed by atoms with Crippen molar-refractivity contribution < 1.29 is 19.4 Å². The first kappa shape index (κ1) is 14.9. The number of carbonyl (C=O) groups excluding carboxylic acids is 1. The predicted molar refractivity (Wildman–Crippen MR) is 66.3 cm³/mol. The molecule has 104 valence electrons. The number of carbonyl (C=O) groups is 2. The third-order valence-electron chi connectivity index (χ3n) is 2.84. The van der Waals surface area contributed by atoms with Crippen molar-refractivity contribution in [1.29, 1.82) is 0 Å². The number of rotatable bonds is 6. The van der Waals surface area contributed by atoms with Gasteiger partial charge in [0.05, 0.1) is 13.2 Å². The van der Waals surface area contributed by atoms with Crippen LogP contribution in [-0.4, -0.2) is 60.8 Å². The van der Waals surface area contributed by atoms with E-state index in [1.807, 2.05) is 4.90 Å². The lowest BCUT2D eigenvalue weighted by molar-refractivity contribution is -0.156. The zero-order valence-corrected chi connectivity index (χ0v) is 11.0. The van der Waals surface area contributed by atoms with E-state index in [1.54, 1.807) is 0 Å². The maximum atomic E-state index is 11.6. The van der Waals surface area contributed by atoms with Gasteiger partial charge in [0, 0.05) is 19.6 Å². The monoisotopic (exact) mass is 258 g/mol. The highest BCUT2D eigenvalue weighted by molar-refractivity contribution is 5.78. The second-order valence-electron chi connectivity index (χ2n) is 4.97. The first-order chi connectivity index (χ1) is 8.49. The van der Waals surface area contributed by atoms with Crippen molar-refractivity contribution in [3.8, 4) is 0 Å². The SMILES string of the molecule is CC(C)CCNC(=O)CN1CCOC(C(=O)O)C1. The molecule has 1 saturated heterocycles. The summed E-state index contributed by atoms with van der Waals surface area (Å²) in [6, 6.07) is 0. The van der Waals surface area contributed by atoms with E-state index in [-0.39, 0.29) is 19.0 Å². The number of ether oxygens (including phenoxy) is 1. The van der Waals surface area contributed by atoms with Gasteiger partial charge in [-0.15, -0.1) is 0 Å². The number of carboxylic acids is 1. The van der Waals surface area contributed by atoms with Gasteiger partial charge >= 0.3 is 5.97 Å². The molecule has 1 aliphatic heterocycles. The first-order valence-corrected chi connectivity index (χ1v) is 6.32. The molecule has 1 atom stereocenters. The Kier molecular flexibility index (Phi) is 6.07. The fourth-order valence-corrected chi connectivity index (χ4v) is 1.75. The lowest BCUT2D eigenvalue weighted by Gasteiger charge is -2.30. The first-order valence-electron chi connectivity index (χ1n) is 6.32. The maximum absolute atomic E-state index is 11.6. The molecule has 1 heterocycles. The van der Waals surface area contributed by atoms with Gasteiger partial charge in [-0.2, -0.15) is 0 Å². The molecule has 0 aromatic carbocycles. The average molecular weight is 258 g/mol. The Morgan fingerprint density at radius 3 is 2.83 bits per heavy atom. The van der Waals surface area contributed by atoms with Gasteiger partial charge < -0.3 is 15.2 Å². The lowest BCUT2D eigenvalue weighted by Crippen LogP contribution is -2.49. The Labute approximate surface area is 107 Å². The number of morpholine rings is 1. The van der Waals surface area contributed by atoms with Crippen molar-refractivity contribution in [2.75, 3.05) is 32.8 Å². The van der Waals surface area contributed by atoms with Crippen LogP contribution in [0.4, 0.5) is 0 Å². The minimum Gasteiger partial charge on any atom is -0.479 e. The molecule has 0 saturated carbocycles. The van der Waals surface area contributed by atoms with Gasteiger partial charge in [-0.25, -0.2) is 4.79 Å². The van der Waals surface area contributed by atoms with Gasteiger partial charge in [-0.3, -0.25) is 9.69 Å². The molecular formula is C12H22N2O4. The van der Waals surface area contributed by atoms with Crippen LogP contribution in [0.2, 0.25) is 0 Å². The summed E-state index contributed by atoms with van der Waals surface area (Å²) in [4.78, 5) is 24.2. The Morgan fingerprint density at radius 2 is 2.22 bits per heavy atom. The van der Waals surface area contributed by atoms with Crippen LogP contribution in [0.5, 0.6) is 0 Å². The van der Waals surface area contributed by atoms with Crippen molar-refractivity contribution in [3.05, 3.63) is 0 Å². The molecule has 18 heavy (non-hydrogen) atoms. The van der Waals surface area contributed by atoms with Crippen LogP contribution < -0.4 is 5.32 Å². The van der Waals surface area contributed by atoms with Gasteiger partial charge in [0.15, 0.2) is 6.10 Å². The normalized spacial score (nSPS) is 20.9. The molecule has 0 radical (unpaired) electrons. The van der Waals surface area contributed by atoms with Crippen molar-refractivity contribution in [2.45, 2.75) is 26.4 Å². The van der Waals surface area contributed by atoms with Crippen LogP contribution >= 0.6 is 0 Å². The molecule has 1 amide bonds. The molecule has 1 rings (SSSR count). The van der Waals surface area contributed by atoms with Gasteiger partial charge in [0.2, 0.25) is 5.91 Å². The van der Waals surface area contributed by atoms with Crippen LogP contribution in [0.1, 0.15) is 20.3 Å². The van der Waals surface area contributed by atoms with Crippen LogP contribution in [0.3, 0.4) is 0 Å². The molecule has 2 N–H and O–H groups in total. The summed E-state index contributed by atoms with van der Waals surface area (Å²) in [7, 11) is 0. The number of hydrogen-bond acceptors (Lipinski definition) is 4. The number of nitrogens with zero attached hydrogens (tertiary/aromatic N) is 1. The maximum Gasteiger partial charge on any atom is 0.334 e. The molecule has 0 aromatic rings.